The van der Waals surface area contributed by atoms with Crippen molar-refractivity contribution in [3.63, 3.8) is 0 Å². The second-order valence-corrected chi connectivity index (χ2v) is 6.19. The molecule has 20 heavy (non-hydrogen) atoms. The van der Waals surface area contributed by atoms with Crippen LogP contribution >= 0.6 is 8.60 Å². The molecule has 0 spiro atoms. The van der Waals surface area contributed by atoms with Crippen LogP contribution in [0, 0.1) is 5.41 Å². The summed E-state index contributed by atoms with van der Waals surface area (Å²) in [7, 11) is -1.51. The van der Waals surface area contributed by atoms with Crippen molar-refractivity contribution in [3.8, 4) is 11.5 Å². The summed E-state index contributed by atoms with van der Waals surface area (Å²) in [6, 6.07) is 5.09. The van der Waals surface area contributed by atoms with Crippen LogP contribution in [0.2, 0.25) is 0 Å². The van der Waals surface area contributed by atoms with Crippen molar-refractivity contribution >= 4 is 8.60 Å². The molecule has 1 heterocycles. The Balaban J connectivity index is 1.88. The Morgan fingerprint density at radius 1 is 1.05 bits per heavy atom. The van der Waals surface area contributed by atoms with Crippen LogP contribution in [0.15, 0.2) is 24.3 Å². The van der Waals surface area contributed by atoms with Gasteiger partial charge in [0, 0.05) is 5.41 Å². The predicted octanol–water partition coefficient (Wildman–Crippen LogP) is 4.26. The van der Waals surface area contributed by atoms with Gasteiger partial charge in [-0.3, -0.25) is 0 Å². The maximum Gasteiger partial charge on any atom is 0.573 e. The topological polar surface area (TPSA) is 36.9 Å². The maximum atomic E-state index is 12.0. The largest absolute Gasteiger partial charge is 0.573 e. The molecule has 0 saturated carbocycles. The van der Waals surface area contributed by atoms with Crippen molar-refractivity contribution in [1.82, 2.24) is 0 Å². The normalized spacial score (nSPS) is 19.6. The zero-order valence-corrected chi connectivity index (χ0v) is 11.8. The van der Waals surface area contributed by atoms with Crippen LogP contribution < -0.4 is 9.26 Å². The lowest BCUT2D eigenvalue weighted by Crippen LogP contribution is -2.28. The van der Waals surface area contributed by atoms with E-state index in [-0.39, 0.29) is 11.2 Å². The highest BCUT2D eigenvalue weighted by Crippen LogP contribution is 2.47. The zero-order valence-electron chi connectivity index (χ0n) is 10.9. The number of ether oxygens (including phenoxy) is 1. The fraction of sp³-hybridized carbons (Fsp3) is 0.500. The van der Waals surface area contributed by atoms with E-state index in [4.69, 9.17) is 13.6 Å². The van der Waals surface area contributed by atoms with Crippen LogP contribution in [0.5, 0.6) is 11.5 Å². The Kier molecular flexibility index (Phi) is 4.42. The minimum absolute atomic E-state index is 0.0629. The van der Waals surface area contributed by atoms with Gasteiger partial charge in [-0.05, 0) is 24.3 Å². The number of hydrogen-bond donors (Lipinski definition) is 0. The Morgan fingerprint density at radius 3 is 2.05 bits per heavy atom. The van der Waals surface area contributed by atoms with Crippen molar-refractivity contribution in [2.75, 3.05) is 13.2 Å². The van der Waals surface area contributed by atoms with E-state index in [2.05, 4.69) is 4.74 Å². The van der Waals surface area contributed by atoms with Gasteiger partial charge >= 0.3 is 15.0 Å². The molecule has 1 aliphatic rings. The van der Waals surface area contributed by atoms with Gasteiger partial charge in [0.05, 0.1) is 13.2 Å². The first-order chi connectivity index (χ1) is 9.23. The molecule has 0 bridgehead atoms. The molecular weight excluding hydrogens is 296 g/mol. The summed E-state index contributed by atoms with van der Waals surface area (Å²) in [5.74, 6) is 0.0644. The molecule has 0 N–H and O–H groups in total. The van der Waals surface area contributed by atoms with E-state index in [1.807, 2.05) is 13.8 Å². The molecule has 0 radical (unpaired) electrons. The van der Waals surface area contributed by atoms with Crippen molar-refractivity contribution in [3.05, 3.63) is 24.3 Å². The highest BCUT2D eigenvalue weighted by Gasteiger charge is 2.32. The maximum absolute atomic E-state index is 12.0. The fourth-order valence-electron chi connectivity index (χ4n) is 1.37. The average molecular weight is 310 g/mol. The van der Waals surface area contributed by atoms with E-state index in [1.165, 1.54) is 24.3 Å². The Bertz CT molecular complexity index is 437. The summed E-state index contributed by atoms with van der Waals surface area (Å²) in [5.41, 5.74) is -0.0629. The number of alkyl halides is 3. The van der Waals surface area contributed by atoms with Crippen molar-refractivity contribution < 1.29 is 31.5 Å². The predicted molar refractivity (Wildman–Crippen MR) is 66.4 cm³/mol. The van der Waals surface area contributed by atoms with E-state index in [9.17, 15) is 13.2 Å². The highest BCUT2D eigenvalue weighted by molar-refractivity contribution is 7.42. The van der Waals surface area contributed by atoms with E-state index in [1.54, 1.807) is 0 Å². The number of rotatable bonds is 3. The summed E-state index contributed by atoms with van der Waals surface area (Å²) in [4.78, 5) is 0. The van der Waals surface area contributed by atoms with Gasteiger partial charge in [-0.2, -0.15) is 0 Å². The molecule has 4 nitrogen and oxygen atoms in total. The molecule has 0 atom stereocenters. The van der Waals surface area contributed by atoms with Gasteiger partial charge in [0.15, 0.2) is 0 Å². The summed E-state index contributed by atoms with van der Waals surface area (Å²) in [6.07, 6.45) is -4.70. The third-order valence-corrected chi connectivity index (χ3v) is 3.40. The quantitative estimate of drug-likeness (QED) is 0.782. The van der Waals surface area contributed by atoms with Crippen LogP contribution in [0.4, 0.5) is 13.2 Å². The summed E-state index contributed by atoms with van der Waals surface area (Å²) in [5, 5.41) is 0. The molecule has 8 heteroatoms. The monoisotopic (exact) mass is 310 g/mol. The first-order valence-electron chi connectivity index (χ1n) is 5.83. The summed E-state index contributed by atoms with van der Waals surface area (Å²) < 4.78 is 56.0. The van der Waals surface area contributed by atoms with Gasteiger partial charge in [-0.1, -0.05) is 13.8 Å². The summed E-state index contributed by atoms with van der Waals surface area (Å²) >= 11 is 0. The van der Waals surface area contributed by atoms with Crippen molar-refractivity contribution in [2.45, 2.75) is 20.2 Å². The van der Waals surface area contributed by atoms with E-state index < -0.39 is 15.0 Å². The van der Waals surface area contributed by atoms with E-state index in [0.29, 0.717) is 19.0 Å². The standard InChI is InChI=1S/C12H14F3O4P/c1-11(2)7-16-20(17-8-11)19-10-5-3-9(4-6-10)18-12(13,14)15/h3-6H,7-8H2,1-2H3. The van der Waals surface area contributed by atoms with Crippen molar-refractivity contribution in [2.24, 2.45) is 5.41 Å². The molecule has 1 aliphatic heterocycles. The fourth-order valence-corrected chi connectivity index (χ4v) is 2.76. The molecule has 112 valence electrons. The van der Waals surface area contributed by atoms with Gasteiger partial charge in [0.25, 0.3) is 0 Å². The summed E-state index contributed by atoms with van der Waals surface area (Å²) in [6.45, 7) is 5.02. The minimum atomic E-state index is -4.70. The van der Waals surface area contributed by atoms with E-state index >= 15 is 0 Å². The molecule has 1 aromatic carbocycles. The SMILES string of the molecule is CC1(C)COP(Oc2ccc(OC(F)(F)F)cc2)OC1. The van der Waals surface area contributed by atoms with Gasteiger partial charge in [0.2, 0.25) is 0 Å². The molecule has 2 rings (SSSR count). The highest BCUT2D eigenvalue weighted by atomic mass is 31.2. The smallest absolute Gasteiger partial charge is 0.427 e. The first-order valence-corrected chi connectivity index (χ1v) is 6.93. The Labute approximate surface area is 115 Å². The lowest BCUT2D eigenvalue weighted by atomic mass is 9.97. The average Bonchev–Trinajstić information content (AvgIpc) is 2.32. The first kappa shape index (κ1) is 15.4. The molecule has 0 aliphatic carbocycles. The molecule has 0 amide bonds. The molecule has 1 aromatic rings. The number of hydrogen-bond acceptors (Lipinski definition) is 4. The molecule has 1 saturated heterocycles. The minimum Gasteiger partial charge on any atom is -0.427 e. The Hall–Kier alpha value is -1.04. The lowest BCUT2D eigenvalue weighted by molar-refractivity contribution is -0.274. The Morgan fingerprint density at radius 2 is 1.55 bits per heavy atom. The van der Waals surface area contributed by atoms with Gasteiger partial charge in [-0.25, -0.2) is 0 Å². The second kappa shape index (κ2) is 5.76. The molecular formula is C12H14F3O4P. The van der Waals surface area contributed by atoms with Crippen LogP contribution in [-0.4, -0.2) is 19.6 Å². The molecule has 1 fully saturated rings. The molecule has 0 aromatic heterocycles. The second-order valence-electron chi connectivity index (χ2n) is 5.05. The van der Waals surface area contributed by atoms with Crippen LogP contribution in [-0.2, 0) is 9.05 Å². The number of benzene rings is 1. The lowest BCUT2D eigenvalue weighted by Gasteiger charge is -2.32. The zero-order chi connectivity index (χ0) is 14.8. The van der Waals surface area contributed by atoms with Crippen LogP contribution in [0.1, 0.15) is 13.8 Å². The van der Waals surface area contributed by atoms with Gasteiger partial charge in [0.1, 0.15) is 11.5 Å². The van der Waals surface area contributed by atoms with Crippen molar-refractivity contribution in [1.29, 1.82) is 0 Å². The third-order valence-electron chi connectivity index (χ3n) is 2.36. The van der Waals surface area contributed by atoms with Crippen LogP contribution in [0.25, 0.3) is 0 Å². The van der Waals surface area contributed by atoms with Gasteiger partial charge < -0.3 is 18.3 Å². The molecule has 0 unspecified atom stereocenters. The van der Waals surface area contributed by atoms with Gasteiger partial charge in [-0.15, -0.1) is 13.2 Å². The van der Waals surface area contributed by atoms with E-state index in [0.717, 1.165) is 0 Å². The van der Waals surface area contributed by atoms with Crippen LogP contribution in [0.3, 0.4) is 0 Å². The number of halogens is 3. The third kappa shape index (κ3) is 4.81.